The van der Waals surface area contributed by atoms with Gasteiger partial charge in [-0.3, -0.25) is 4.55 Å². The smallest absolute Gasteiger partial charge is 0.385 e. The minimum atomic E-state index is -4.89. The lowest BCUT2D eigenvalue weighted by Crippen LogP contribution is -2.48. The van der Waals surface area contributed by atoms with E-state index in [2.05, 4.69) is 13.5 Å². The standard InChI is InChI=1S/C14H15N5O7S2/c1-16-9-2-5-11(6-3-9)27(21,22)17-13(15)12-7-4-10-8-18(12)14(20)19(10)26-28(23,24)25/h2-3,5-6,10,12H,4,7-8H2,(H2,15,17)(H,23,24,25)/t10-,12+/m1/s1. The molecule has 0 aromatic heterocycles. The second kappa shape index (κ2) is 7.02. The number of amidine groups is 1. The Morgan fingerprint density at radius 3 is 2.46 bits per heavy atom. The molecule has 3 N–H and O–H groups in total. The Bertz CT molecular complexity index is 1080. The average Bonchev–Trinajstić information content (AvgIpc) is 2.85. The van der Waals surface area contributed by atoms with Crippen molar-refractivity contribution in [1.82, 2.24) is 9.96 Å². The number of rotatable bonds is 5. The molecule has 2 aliphatic rings. The average molecular weight is 429 g/mol. The third-order valence-electron chi connectivity index (χ3n) is 4.33. The van der Waals surface area contributed by atoms with Crippen LogP contribution in [0.25, 0.3) is 4.85 Å². The summed E-state index contributed by atoms with van der Waals surface area (Å²) in [7, 11) is -9.06. The highest BCUT2D eigenvalue weighted by atomic mass is 32.3. The fourth-order valence-corrected chi connectivity index (χ4v) is 4.46. The van der Waals surface area contributed by atoms with Gasteiger partial charge in [-0.2, -0.15) is 21.9 Å². The second-order valence-electron chi connectivity index (χ2n) is 6.11. The topological polar surface area (TPSA) is 164 Å². The molecule has 12 nitrogen and oxygen atoms in total. The molecule has 0 saturated carbocycles. The van der Waals surface area contributed by atoms with Gasteiger partial charge in [0.2, 0.25) is 0 Å². The fraction of sp³-hybridized carbons (Fsp3) is 0.357. The van der Waals surface area contributed by atoms with Crippen LogP contribution in [-0.2, 0) is 24.7 Å². The Hall–Kier alpha value is -2.73. The Kier molecular flexibility index (Phi) is 5.02. The van der Waals surface area contributed by atoms with E-state index in [0.29, 0.717) is 5.06 Å². The highest BCUT2D eigenvalue weighted by Crippen LogP contribution is 2.31. The van der Waals surface area contributed by atoms with Crippen molar-refractivity contribution >= 4 is 38.0 Å². The summed E-state index contributed by atoms with van der Waals surface area (Å²) < 4.78 is 63.3. The molecule has 0 unspecified atom stereocenters. The molecule has 0 radical (unpaired) electrons. The van der Waals surface area contributed by atoms with Crippen molar-refractivity contribution in [3.8, 4) is 0 Å². The van der Waals surface area contributed by atoms with Crippen LogP contribution in [0.5, 0.6) is 0 Å². The molecular weight excluding hydrogens is 414 g/mol. The molecule has 28 heavy (non-hydrogen) atoms. The summed E-state index contributed by atoms with van der Waals surface area (Å²) in [4.78, 5) is 16.5. The van der Waals surface area contributed by atoms with E-state index in [-0.39, 0.29) is 35.8 Å². The monoisotopic (exact) mass is 429 g/mol. The van der Waals surface area contributed by atoms with Crippen LogP contribution in [0.2, 0.25) is 0 Å². The van der Waals surface area contributed by atoms with Crippen molar-refractivity contribution in [1.29, 1.82) is 0 Å². The van der Waals surface area contributed by atoms with Gasteiger partial charge in [-0.05, 0) is 12.8 Å². The molecule has 2 atom stereocenters. The number of nitrogens with zero attached hydrogens (tertiary/aromatic N) is 4. The maximum absolute atomic E-state index is 12.4. The van der Waals surface area contributed by atoms with E-state index >= 15 is 0 Å². The molecule has 2 bridgehead atoms. The minimum Gasteiger partial charge on any atom is -0.385 e. The van der Waals surface area contributed by atoms with Crippen LogP contribution in [0, 0.1) is 6.57 Å². The van der Waals surface area contributed by atoms with Crippen molar-refractivity contribution in [3.63, 3.8) is 0 Å². The third kappa shape index (κ3) is 3.92. The predicted octanol–water partition coefficient (Wildman–Crippen LogP) is 0.286. The zero-order valence-electron chi connectivity index (χ0n) is 14.2. The van der Waals surface area contributed by atoms with Gasteiger partial charge >= 0.3 is 16.4 Å². The summed E-state index contributed by atoms with van der Waals surface area (Å²) in [6.07, 6.45) is 0.488. The molecule has 14 heteroatoms. The molecule has 2 saturated heterocycles. The third-order valence-corrected chi connectivity index (χ3v) is 6.00. The van der Waals surface area contributed by atoms with E-state index < -0.39 is 38.5 Å². The number of carbonyl (C=O) groups excluding carboxylic acids is 1. The maximum Gasteiger partial charge on any atom is 0.418 e. The van der Waals surface area contributed by atoms with Crippen molar-refractivity contribution in [2.45, 2.75) is 29.8 Å². The summed E-state index contributed by atoms with van der Waals surface area (Å²) in [5.74, 6) is -0.338. The first-order valence-electron chi connectivity index (χ1n) is 7.86. The van der Waals surface area contributed by atoms with Gasteiger partial charge in [0.25, 0.3) is 10.0 Å². The predicted molar refractivity (Wildman–Crippen MR) is 94.9 cm³/mol. The highest BCUT2D eigenvalue weighted by Gasteiger charge is 2.48. The minimum absolute atomic E-state index is 0.0367. The number of fused-ring (bicyclic) bond motifs is 2. The van der Waals surface area contributed by atoms with E-state index in [1.165, 1.54) is 24.3 Å². The number of hydroxylamine groups is 2. The number of nitrogens with two attached hydrogens (primary N) is 1. The molecule has 0 aliphatic carbocycles. The van der Waals surface area contributed by atoms with Gasteiger partial charge in [0, 0.05) is 6.54 Å². The number of benzene rings is 1. The van der Waals surface area contributed by atoms with Crippen LogP contribution in [-0.4, -0.2) is 61.8 Å². The number of hydrogen-bond donors (Lipinski definition) is 2. The molecule has 150 valence electrons. The summed E-state index contributed by atoms with van der Waals surface area (Å²) in [6, 6.07) is 2.71. The first kappa shape index (κ1) is 20.0. The number of urea groups is 1. The first-order chi connectivity index (χ1) is 13.0. The lowest BCUT2D eigenvalue weighted by Gasteiger charge is -2.29. The molecule has 2 fully saturated rings. The molecule has 2 amide bonds. The molecule has 1 aromatic rings. The molecular formula is C14H15N5O7S2. The van der Waals surface area contributed by atoms with Crippen LogP contribution in [0.15, 0.2) is 33.6 Å². The lowest BCUT2D eigenvalue weighted by molar-refractivity contribution is -0.0316. The van der Waals surface area contributed by atoms with Gasteiger partial charge in [0.15, 0.2) is 5.69 Å². The van der Waals surface area contributed by atoms with E-state index in [1.54, 1.807) is 0 Å². The Morgan fingerprint density at radius 1 is 1.25 bits per heavy atom. The fourth-order valence-electron chi connectivity index (χ4n) is 3.08. The quantitative estimate of drug-likeness (QED) is 0.292. The van der Waals surface area contributed by atoms with Gasteiger partial charge in [-0.1, -0.05) is 24.3 Å². The molecule has 0 spiro atoms. The summed E-state index contributed by atoms with van der Waals surface area (Å²) in [5.41, 5.74) is 6.11. The summed E-state index contributed by atoms with van der Waals surface area (Å²) >= 11 is 0. The van der Waals surface area contributed by atoms with Gasteiger partial charge in [0.05, 0.1) is 23.6 Å². The maximum atomic E-state index is 12.4. The Morgan fingerprint density at radius 2 is 1.89 bits per heavy atom. The Balaban J connectivity index is 1.83. The lowest BCUT2D eigenvalue weighted by atomic mass is 10.0. The van der Waals surface area contributed by atoms with Gasteiger partial charge in [0.1, 0.15) is 5.84 Å². The molecule has 2 heterocycles. The summed E-state index contributed by atoms with van der Waals surface area (Å²) in [5, 5.41) is 0.528. The molecule has 3 rings (SSSR count). The van der Waals surface area contributed by atoms with Gasteiger partial charge in [-0.25, -0.2) is 9.64 Å². The highest BCUT2D eigenvalue weighted by molar-refractivity contribution is 7.90. The van der Waals surface area contributed by atoms with Gasteiger partial charge in [-0.15, -0.1) is 8.68 Å². The van der Waals surface area contributed by atoms with Crippen molar-refractivity contribution in [3.05, 3.63) is 35.7 Å². The van der Waals surface area contributed by atoms with Crippen molar-refractivity contribution < 1.29 is 30.5 Å². The van der Waals surface area contributed by atoms with Crippen molar-refractivity contribution in [2.24, 2.45) is 10.1 Å². The number of sulfonamides is 1. The van der Waals surface area contributed by atoms with Crippen LogP contribution in [0.1, 0.15) is 12.8 Å². The van der Waals surface area contributed by atoms with E-state index in [9.17, 15) is 21.6 Å². The molecule has 2 aliphatic heterocycles. The largest absolute Gasteiger partial charge is 0.418 e. The van der Waals surface area contributed by atoms with E-state index in [0.717, 1.165) is 4.90 Å². The Labute approximate surface area is 161 Å². The van der Waals surface area contributed by atoms with Crippen LogP contribution in [0.3, 0.4) is 0 Å². The number of hydrogen-bond acceptors (Lipinski definition) is 6. The zero-order valence-corrected chi connectivity index (χ0v) is 15.8. The molecule has 1 aromatic carbocycles. The summed E-state index contributed by atoms with van der Waals surface area (Å²) in [6.45, 7) is 6.91. The number of amides is 2. The zero-order chi connectivity index (χ0) is 20.7. The van der Waals surface area contributed by atoms with Crippen LogP contribution in [0.4, 0.5) is 10.5 Å². The first-order valence-corrected chi connectivity index (χ1v) is 10.7. The van der Waals surface area contributed by atoms with Crippen molar-refractivity contribution in [2.75, 3.05) is 6.54 Å². The van der Waals surface area contributed by atoms with Gasteiger partial charge < -0.3 is 10.6 Å². The second-order valence-corrected chi connectivity index (χ2v) is 8.72. The van der Waals surface area contributed by atoms with Crippen LogP contribution >= 0.6 is 0 Å². The SMILES string of the molecule is [C-]#[N+]c1ccc(S(=O)(=O)/N=C(\N)[C@@H]2CC[C@@H]3CN2C(=O)N3OS(=O)(=O)O)cc1. The van der Waals surface area contributed by atoms with E-state index in [1.807, 2.05) is 0 Å². The van der Waals surface area contributed by atoms with E-state index in [4.69, 9.17) is 16.9 Å². The normalized spacial score (nSPS) is 23.0. The van der Waals surface area contributed by atoms with Crippen LogP contribution < -0.4 is 5.73 Å². The number of piperidine rings is 1. The number of carbonyl (C=O) groups is 1.